The molecule has 0 saturated heterocycles. The minimum absolute atomic E-state index is 0.113. The summed E-state index contributed by atoms with van der Waals surface area (Å²) in [5, 5.41) is 11.6. The SMILES string of the molecule is O=C(CSc1n[nH]c(-c2ccc(Cl)cc2)n1)NCCOc1ccc(Cl)cc1. The van der Waals surface area contributed by atoms with Crippen LogP contribution in [0.5, 0.6) is 5.75 Å². The molecule has 0 atom stereocenters. The van der Waals surface area contributed by atoms with Crippen LogP contribution in [0.3, 0.4) is 0 Å². The van der Waals surface area contributed by atoms with Crippen LogP contribution in [-0.4, -0.2) is 40.0 Å². The van der Waals surface area contributed by atoms with Gasteiger partial charge in [0.25, 0.3) is 0 Å². The van der Waals surface area contributed by atoms with Crippen LogP contribution in [0.15, 0.2) is 53.7 Å². The molecule has 6 nitrogen and oxygen atoms in total. The van der Waals surface area contributed by atoms with Crippen LogP contribution in [-0.2, 0) is 4.79 Å². The zero-order chi connectivity index (χ0) is 19.1. The molecule has 3 rings (SSSR count). The lowest BCUT2D eigenvalue weighted by molar-refractivity contribution is -0.118. The smallest absolute Gasteiger partial charge is 0.230 e. The Bertz CT molecular complexity index is 885. The molecule has 27 heavy (non-hydrogen) atoms. The van der Waals surface area contributed by atoms with E-state index >= 15 is 0 Å². The molecule has 140 valence electrons. The van der Waals surface area contributed by atoms with E-state index in [1.54, 1.807) is 36.4 Å². The maximum atomic E-state index is 11.9. The summed E-state index contributed by atoms with van der Waals surface area (Å²) >= 11 is 12.9. The van der Waals surface area contributed by atoms with Crippen LogP contribution < -0.4 is 10.1 Å². The van der Waals surface area contributed by atoms with Crippen molar-refractivity contribution in [3.05, 3.63) is 58.6 Å². The van der Waals surface area contributed by atoms with Gasteiger partial charge in [-0.2, -0.15) is 0 Å². The Morgan fingerprint density at radius 2 is 1.74 bits per heavy atom. The lowest BCUT2D eigenvalue weighted by Gasteiger charge is -2.07. The van der Waals surface area contributed by atoms with Gasteiger partial charge in [-0.05, 0) is 48.5 Å². The Kier molecular flexibility index (Phi) is 6.98. The number of thioether (sulfide) groups is 1. The summed E-state index contributed by atoms with van der Waals surface area (Å²) in [7, 11) is 0. The first-order chi connectivity index (χ1) is 13.1. The molecular formula is C18H16Cl2N4O2S. The average molecular weight is 423 g/mol. The van der Waals surface area contributed by atoms with Gasteiger partial charge in [0.05, 0.1) is 12.3 Å². The summed E-state index contributed by atoms with van der Waals surface area (Å²) in [5.41, 5.74) is 0.877. The van der Waals surface area contributed by atoms with Gasteiger partial charge in [-0.25, -0.2) is 4.98 Å². The molecule has 0 spiro atoms. The highest BCUT2D eigenvalue weighted by Gasteiger charge is 2.09. The molecule has 1 amide bonds. The second-order valence-electron chi connectivity index (χ2n) is 5.41. The van der Waals surface area contributed by atoms with E-state index in [4.69, 9.17) is 27.9 Å². The number of H-pyrrole nitrogens is 1. The number of carbonyl (C=O) groups is 1. The quantitative estimate of drug-likeness (QED) is 0.422. The lowest BCUT2D eigenvalue weighted by Crippen LogP contribution is -2.29. The van der Waals surface area contributed by atoms with E-state index in [0.717, 1.165) is 5.56 Å². The zero-order valence-electron chi connectivity index (χ0n) is 14.1. The van der Waals surface area contributed by atoms with Gasteiger partial charge in [-0.15, -0.1) is 5.10 Å². The van der Waals surface area contributed by atoms with Gasteiger partial charge in [0.15, 0.2) is 5.82 Å². The number of rotatable bonds is 8. The molecule has 1 aromatic heterocycles. The van der Waals surface area contributed by atoms with E-state index in [2.05, 4.69) is 20.5 Å². The van der Waals surface area contributed by atoms with Crippen molar-refractivity contribution in [3.8, 4) is 17.1 Å². The summed E-state index contributed by atoms with van der Waals surface area (Å²) in [5.74, 6) is 1.45. The van der Waals surface area contributed by atoms with Gasteiger partial charge in [0, 0.05) is 15.6 Å². The Morgan fingerprint density at radius 1 is 1.07 bits per heavy atom. The predicted molar refractivity (Wildman–Crippen MR) is 108 cm³/mol. The molecule has 1 heterocycles. The fourth-order valence-electron chi connectivity index (χ4n) is 2.12. The van der Waals surface area contributed by atoms with E-state index < -0.39 is 0 Å². The van der Waals surface area contributed by atoms with Crippen molar-refractivity contribution < 1.29 is 9.53 Å². The van der Waals surface area contributed by atoms with Crippen molar-refractivity contribution >= 4 is 40.9 Å². The van der Waals surface area contributed by atoms with Crippen molar-refractivity contribution in [2.45, 2.75) is 5.16 Å². The minimum Gasteiger partial charge on any atom is -0.492 e. The number of aromatic nitrogens is 3. The monoisotopic (exact) mass is 422 g/mol. The van der Waals surface area contributed by atoms with Crippen LogP contribution in [0.1, 0.15) is 0 Å². The van der Waals surface area contributed by atoms with Crippen molar-refractivity contribution in [1.29, 1.82) is 0 Å². The van der Waals surface area contributed by atoms with E-state index in [1.807, 2.05) is 12.1 Å². The highest BCUT2D eigenvalue weighted by molar-refractivity contribution is 7.99. The topological polar surface area (TPSA) is 79.9 Å². The number of ether oxygens (including phenoxy) is 1. The van der Waals surface area contributed by atoms with Gasteiger partial charge < -0.3 is 10.1 Å². The number of benzene rings is 2. The van der Waals surface area contributed by atoms with E-state index in [9.17, 15) is 4.79 Å². The number of aromatic amines is 1. The second kappa shape index (κ2) is 9.64. The molecule has 0 bridgehead atoms. The molecular weight excluding hydrogens is 407 g/mol. The van der Waals surface area contributed by atoms with Gasteiger partial charge in [0.2, 0.25) is 11.1 Å². The van der Waals surface area contributed by atoms with Crippen molar-refractivity contribution in [1.82, 2.24) is 20.5 Å². The number of nitrogens with zero attached hydrogens (tertiary/aromatic N) is 2. The molecule has 2 aromatic carbocycles. The van der Waals surface area contributed by atoms with Crippen LogP contribution in [0, 0.1) is 0 Å². The first-order valence-electron chi connectivity index (χ1n) is 8.06. The zero-order valence-corrected chi connectivity index (χ0v) is 16.4. The molecule has 0 aliphatic rings. The Morgan fingerprint density at radius 3 is 2.44 bits per heavy atom. The summed E-state index contributed by atoms with van der Waals surface area (Å²) in [4.78, 5) is 16.3. The lowest BCUT2D eigenvalue weighted by atomic mass is 10.2. The Hall–Kier alpha value is -2.22. The molecule has 0 aliphatic carbocycles. The van der Waals surface area contributed by atoms with E-state index in [-0.39, 0.29) is 11.7 Å². The van der Waals surface area contributed by atoms with Gasteiger partial charge in [0.1, 0.15) is 12.4 Å². The molecule has 2 N–H and O–H groups in total. The highest BCUT2D eigenvalue weighted by Crippen LogP contribution is 2.20. The minimum atomic E-state index is -0.113. The van der Waals surface area contributed by atoms with Crippen LogP contribution in [0.25, 0.3) is 11.4 Å². The van der Waals surface area contributed by atoms with Gasteiger partial charge >= 0.3 is 0 Å². The molecule has 0 radical (unpaired) electrons. The van der Waals surface area contributed by atoms with E-state index in [1.165, 1.54) is 11.8 Å². The third-order valence-electron chi connectivity index (χ3n) is 3.42. The predicted octanol–water partition coefficient (Wildman–Crippen LogP) is 4.07. The Labute approximate surface area is 170 Å². The number of carbonyl (C=O) groups excluding carboxylic acids is 1. The fourth-order valence-corrected chi connectivity index (χ4v) is 3.00. The van der Waals surface area contributed by atoms with Crippen LogP contribution in [0.4, 0.5) is 0 Å². The average Bonchev–Trinajstić information content (AvgIpc) is 3.14. The highest BCUT2D eigenvalue weighted by atomic mass is 35.5. The standard InChI is InChI=1S/C18H16Cl2N4O2S/c19-13-3-1-12(2-4-13)17-22-18(24-23-17)27-11-16(25)21-9-10-26-15-7-5-14(20)6-8-15/h1-8H,9-11H2,(H,21,25)(H,22,23,24). The summed E-state index contributed by atoms with van der Waals surface area (Å²) < 4.78 is 5.52. The number of hydrogen-bond acceptors (Lipinski definition) is 5. The summed E-state index contributed by atoms with van der Waals surface area (Å²) in [6, 6.07) is 14.3. The van der Waals surface area contributed by atoms with Crippen molar-refractivity contribution in [3.63, 3.8) is 0 Å². The number of halogens is 2. The fraction of sp³-hybridized carbons (Fsp3) is 0.167. The molecule has 9 heteroatoms. The molecule has 3 aromatic rings. The van der Waals surface area contributed by atoms with Crippen molar-refractivity contribution in [2.24, 2.45) is 0 Å². The third kappa shape index (κ3) is 6.16. The van der Waals surface area contributed by atoms with Gasteiger partial charge in [-0.1, -0.05) is 35.0 Å². The largest absolute Gasteiger partial charge is 0.492 e. The maximum absolute atomic E-state index is 11.9. The third-order valence-corrected chi connectivity index (χ3v) is 4.77. The number of amides is 1. The van der Waals surface area contributed by atoms with Crippen molar-refractivity contribution in [2.75, 3.05) is 18.9 Å². The first-order valence-corrected chi connectivity index (χ1v) is 9.80. The molecule has 0 fully saturated rings. The Balaban J connectivity index is 1.38. The van der Waals surface area contributed by atoms with E-state index in [0.29, 0.717) is 39.9 Å². The maximum Gasteiger partial charge on any atom is 0.230 e. The molecule has 0 saturated carbocycles. The number of nitrogens with one attached hydrogen (secondary N) is 2. The second-order valence-corrected chi connectivity index (χ2v) is 7.23. The number of hydrogen-bond donors (Lipinski definition) is 2. The van der Waals surface area contributed by atoms with Crippen LogP contribution >= 0.6 is 35.0 Å². The molecule has 0 aliphatic heterocycles. The summed E-state index contributed by atoms with van der Waals surface area (Å²) in [6.45, 7) is 0.783. The first kappa shape index (κ1) is 19.5. The normalized spacial score (nSPS) is 10.6. The van der Waals surface area contributed by atoms with Crippen LogP contribution in [0.2, 0.25) is 10.0 Å². The van der Waals surface area contributed by atoms with Gasteiger partial charge in [-0.3, -0.25) is 9.89 Å². The summed E-state index contributed by atoms with van der Waals surface area (Å²) in [6.07, 6.45) is 0. The molecule has 0 unspecified atom stereocenters.